The van der Waals surface area contributed by atoms with Gasteiger partial charge in [-0.1, -0.05) is 74.3 Å². The molecule has 200 valence electrons. The van der Waals surface area contributed by atoms with E-state index in [1.54, 1.807) is 30.3 Å². The van der Waals surface area contributed by atoms with Crippen LogP contribution in [0, 0.1) is 0 Å². The number of hydrogen-bond acceptors (Lipinski definition) is 6. The van der Waals surface area contributed by atoms with E-state index in [0.717, 1.165) is 17.7 Å². The number of rotatable bonds is 9. The minimum Gasteiger partial charge on any atom is -0.806 e. The van der Waals surface area contributed by atoms with Crippen molar-refractivity contribution >= 4 is 61.2 Å². The normalized spacial score (nSPS) is 13.1. The second kappa shape index (κ2) is 11.1. The molecule has 0 heterocycles. The van der Waals surface area contributed by atoms with Gasteiger partial charge in [0.05, 0.1) is 5.56 Å². The minimum atomic E-state index is -6.18. The third-order valence-corrected chi connectivity index (χ3v) is 9.45. The van der Waals surface area contributed by atoms with Crippen LogP contribution in [0.1, 0.15) is 22.3 Å². The van der Waals surface area contributed by atoms with Gasteiger partial charge in [-0.25, -0.2) is 13.6 Å². The molecule has 3 rings (SSSR count). The van der Waals surface area contributed by atoms with E-state index in [1.165, 1.54) is 30.0 Å². The summed E-state index contributed by atoms with van der Waals surface area (Å²) < 4.78 is 89.5. The van der Waals surface area contributed by atoms with Crippen molar-refractivity contribution in [1.29, 1.82) is 0 Å². The van der Waals surface area contributed by atoms with Crippen molar-refractivity contribution in [1.82, 2.24) is 0 Å². The summed E-state index contributed by atoms with van der Waals surface area (Å²) in [6.45, 7) is 0. The van der Waals surface area contributed by atoms with Gasteiger partial charge in [-0.05, 0) is 40.5 Å². The first-order valence-corrected chi connectivity index (χ1v) is 15.8. The summed E-state index contributed by atoms with van der Waals surface area (Å²) in [5.74, 6) is 0.887. The molecule has 0 aliphatic rings. The van der Waals surface area contributed by atoms with E-state index < -0.39 is 39.7 Å². The highest BCUT2D eigenvalue weighted by Crippen LogP contribution is 2.54. The molecule has 0 spiro atoms. The number of hydrogen-bond donors (Lipinski definition) is 1. The Balaban J connectivity index is 1.69. The van der Waals surface area contributed by atoms with E-state index in [9.17, 15) is 40.3 Å². The zero-order chi connectivity index (χ0) is 27.8. The van der Waals surface area contributed by atoms with Gasteiger partial charge in [0.1, 0.15) is 0 Å². The van der Waals surface area contributed by atoms with Crippen LogP contribution in [-0.2, 0) is 37.0 Å². The number of halogens is 6. The van der Waals surface area contributed by atoms with Crippen LogP contribution in [0.15, 0.2) is 69.6 Å². The lowest BCUT2D eigenvalue weighted by molar-refractivity contribution is -0.335. The molecule has 0 radical (unpaired) electrons. The first-order valence-electron chi connectivity index (χ1n) is 10.0. The standard InChI is InChI=1S/C22H18Br2F4NO5PS2/c23-19-8-6-16(10-18(19)22(27,28)37(29,33)34)15-4-1-13(2-5-15)11-36-12-14-3-7-17(20(24)9-14)21(25,26)35(30,31)32/h1-10H,11-12H2,(H2,29,33,34)(H2,30,31,32)/p-2. The molecule has 6 nitrogen and oxygen atoms in total. The van der Waals surface area contributed by atoms with Gasteiger partial charge in [0.15, 0.2) is 0 Å². The van der Waals surface area contributed by atoms with Gasteiger partial charge in [0, 0.05) is 33.6 Å². The Kier molecular flexibility index (Phi) is 9.08. The van der Waals surface area contributed by atoms with Gasteiger partial charge >= 0.3 is 5.25 Å². The van der Waals surface area contributed by atoms with Gasteiger partial charge in [0.25, 0.3) is 15.7 Å². The van der Waals surface area contributed by atoms with Crippen molar-refractivity contribution in [3.8, 4) is 11.1 Å². The Morgan fingerprint density at radius 1 is 0.811 bits per heavy atom. The summed E-state index contributed by atoms with van der Waals surface area (Å²) in [5, 5.41) is 0.403. The predicted octanol–water partition coefficient (Wildman–Crippen LogP) is 5.61. The number of benzene rings is 3. The summed E-state index contributed by atoms with van der Waals surface area (Å²) in [4.78, 5) is 21.8. The molecule has 2 N–H and O–H groups in total. The van der Waals surface area contributed by atoms with Crippen LogP contribution in [0.4, 0.5) is 17.6 Å². The summed E-state index contributed by atoms with van der Waals surface area (Å²) in [5.41, 5.74) is -3.87. The molecule has 15 heteroatoms. The molecule has 0 amide bonds. The van der Waals surface area contributed by atoms with Gasteiger partial charge in [-0.3, -0.25) is 0 Å². The van der Waals surface area contributed by atoms with Crippen LogP contribution in [0.25, 0.3) is 11.1 Å². The smallest absolute Gasteiger partial charge is 0.385 e. The Hall–Kier alpha value is -1.25. The van der Waals surface area contributed by atoms with Crippen molar-refractivity contribution in [2.75, 3.05) is 0 Å². The first kappa shape index (κ1) is 30.3. The predicted molar refractivity (Wildman–Crippen MR) is 137 cm³/mol. The number of primary sulfonamides is 1. The molecule has 0 fully saturated rings. The van der Waals surface area contributed by atoms with Crippen LogP contribution in [0.3, 0.4) is 0 Å². The van der Waals surface area contributed by atoms with Crippen molar-refractivity contribution in [2.24, 2.45) is 5.14 Å². The van der Waals surface area contributed by atoms with E-state index in [1.807, 2.05) is 0 Å². The lowest BCUT2D eigenvalue weighted by Gasteiger charge is -2.38. The quantitative estimate of drug-likeness (QED) is 0.228. The number of thioether (sulfide) groups is 1. The maximum absolute atomic E-state index is 14.3. The molecule has 0 aliphatic carbocycles. The van der Waals surface area contributed by atoms with E-state index in [0.29, 0.717) is 28.2 Å². The fraction of sp³-hybridized carbons (Fsp3) is 0.182. The van der Waals surface area contributed by atoms with E-state index in [-0.39, 0.29) is 8.95 Å². The van der Waals surface area contributed by atoms with Gasteiger partial charge in [0.2, 0.25) is 0 Å². The Morgan fingerprint density at radius 3 is 1.89 bits per heavy atom. The molecule has 0 bridgehead atoms. The molecule has 0 atom stereocenters. The highest BCUT2D eigenvalue weighted by molar-refractivity contribution is 9.10. The minimum absolute atomic E-state index is 0.109. The molecule has 3 aromatic rings. The van der Waals surface area contributed by atoms with E-state index in [4.69, 9.17) is 0 Å². The van der Waals surface area contributed by atoms with E-state index >= 15 is 0 Å². The molecule has 0 saturated carbocycles. The SMILES string of the molecule is NS(=O)(=O)C(F)(F)c1cc(-c2ccc(CSCc3ccc(C(F)(F)P(=O)([O-])[O-])c(Br)c3)cc2)ccc1Br. The Morgan fingerprint density at radius 2 is 1.35 bits per heavy atom. The van der Waals surface area contributed by atoms with Crippen LogP contribution >= 0.6 is 51.2 Å². The van der Waals surface area contributed by atoms with Crippen molar-refractivity contribution in [2.45, 2.75) is 22.4 Å². The third-order valence-electron chi connectivity index (χ3n) is 5.16. The fourth-order valence-electron chi connectivity index (χ4n) is 3.20. The highest BCUT2D eigenvalue weighted by Gasteiger charge is 2.46. The number of alkyl halides is 4. The van der Waals surface area contributed by atoms with Crippen LogP contribution < -0.4 is 14.9 Å². The summed E-state index contributed by atoms with van der Waals surface area (Å²) in [6.07, 6.45) is 0. The molecule has 0 saturated heterocycles. The maximum atomic E-state index is 14.3. The van der Waals surface area contributed by atoms with Crippen molar-refractivity contribution < 1.29 is 40.3 Å². The van der Waals surface area contributed by atoms with Crippen LogP contribution in [0.5, 0.6) is 0 Å². The van der Waals surface area contributed by atoms with Crippen molar-refractivity contribution in [3.05, 3.63) is 91.9 Å². The second-order valence-electron chi connectivity index (χ2n) is 7.80. The average molecular weight is 705 g/mol. The van der Waals surface area contributed by atoms with Gasteiger partial charge in [-0.15, -0.1) is 0 Å². The topological polar surface area (TPSA) is 123 Å². The summed E-state index contributed by atoms with van der Waals surface area (Å²) in [6, 6.07) is 14.3. The zero-order valence-corrected chi connectivity index (χ0v) is 24.0. The third kappa shape index (κ3) is 6.67. The van der Waals surface area contributed by atoms with E-state index in [2.05, 4.69) is 37.0 Å². The highest BCUT2D eigenvalue weighted by atomic mass is 79.9. The molecule has 37 heavy (non-hydrogen) atoms. The largest absolute Gasteiger partial charge is 0.806 e. The van der Waals surface area contributed by atoms with Crippen LogP contribution in [0.2, 0.25) is 0 Å². The molecule has 0 aromatic heterocycles. The number of sulfonamides is 1. The lowest BCUT2D eigenvalue weighted by Crippen LogP contribution is -2.33. The second-order valence-corrected chi connectivity index (χ2v) is 13.7. The number of nitrogens with two attached hydrogens (primary N) is 1. The molecule has 0 unspecified atom stereocenters. The average Bonchev–Trinajstić information content (AvgIpc) is 2.78. The van der Waals surface area contributed by atoms with Crippen molar-refractivity contribution in [3.63, 3.8) is 0 Å². The summed E-state index contributed by atoms with van der Waals surface area (Å²) >= 11 is 7.26. The summed E-state index contributed by atoms with van der Waals surface area (Å²) in [7, 11) is -11.4. The molecule has 3 aromatic carbocycles. The Bertz CT molecular complexity index is 1470. The molecule has 0 aliphatic heterocycles. The maximum Gasteiger partial charge on any atom is 0.385 e. The monoisotopic (exact) mass is 703 g/mol. The van der Waals surface area contributed by atoms with Crippen LogP contribution in [-0.4, -0.2) is 8.42 Å². The van der Waals surface area contributed by atoms with Gasteiger partial charge < -0.3 is 14.4 Å². The van der Waals surface area contributed by atoms with Gasteiger partial charge in [-0.2, -0.15) is 29.3 Å². The zero-order valence-electron chi connectivity index (χ0n) is 18.3. The molecular weight excluding hydrogens is 689 g/mol. The Labute approximate surface area is 231 Å². The fourth-order valence-corrected chi connectivity index (χ4v) is 6.57. The lowest BCUT2D eigenvalue weighted by atomic mass is 10.0. The molecular formula is C22H16Br2F4NO5PS2-2. The first-order chi connectivity index (χ1) is 16.9.